The maximum atomic E-state index is 6.04. The van der Waals surface area contributed by atoms with Gasteiger partial charge in [-0.1, -0.05) is 29.3 Å². The smallest absolute Gasteiger partial charge is 0.119 e. The van der Waals surface area contributed by atoms with Crippen LogP contribution < -0.4 is 4.74 Å². The Morgan fingerprint density at radius 2 is 1.79 bits per heavy atom. The normalized spacial score (nSPS) is 10.9. The minimum absolute atomic E-state index is 0.551. The second-order valence-corrected chi connectivity index (χ2v) is 5.08. The fraction of sp³-hybridized carbons (Fsp3) is 0.0667. The van der Waals surface area contributed by atoms with E-state index < -0.39 is 0 Å². The number of aromatic nitrogens is 1. The predicted octanol–water partition coefficient (Wildman–Crippen LogP) is 5.15. The number of halogens is 2. The third-order valence-electron chi connectivity index (χ3n) is 3.06. The van der Waals surface area contributed by atoms with Crippen LogP contribution in [0.25, 0.3) is 22.2 Å². The fourth-order valence-electron chi connectivity index (χ4n) is 2.06. The van der Waals surface area contributed by atoms with Crippen LogP contribution in [0.4, 0.5) is 0 Å². The molecule has 0 atom stereocenters. The number of nitrogens with one attached hydrogen (secondary N) is 1. The summed E-state index contributed by atoms with van der Waals surface area (Å²) in [4.78, 5) is 3.35. The first-order valence-electron chi connectivity index (χ1n) is 5.79. The van der Waals surface area contributed by atoms with E-state index in [0.717, 1.165) is 27.9 Å². The predicted molar refractivity (Wildman–Crippen MR) is 80.3 cm³/mol. The molecule has 0 radical (unpaired) electrons. The molecular formula is C15H11Cl2NO. The van der Waals surface area contributed by atoms with Gasteiger partial charge in [-0.05, 0) is 42.0 Å². The van der Waals surface area contributed by atoms with Crippen LogP contribution in [-0.2, 0) is 0 Å². The third kappa shape index (κ3) is 2.29. The molecule has 0 spiro atoms. The molecule has 0 saturated heterocycles. The van der Waals surface area contributed by atoms with Crippen molar-refractivity contribution in [3.05, 3.63) is 52.5 Å². The summed E-state index contributed by atoms with van der Waals surface area (Å²) >= 11 is 12.0. The molecule has 1 aromatic heterocycles. The molecule has 2 nitrogen and oxygen atoms in total. The average Bonchev–Trinajstić information content (AvgIpc) is 2.84. The first kappa shape index (κ1) is 12.4. The number of fused-ring (bicyclic) bond motifs is 1. The highest BCUT2D eigenvalue weighted by atomic mass is 35.5. The van der Waals surface area contributed by atoms with E-state index in [1.54, 1.807) is 13.2 Å². The number of ether oxygens (including phenoxy) is 1. The standard InChI is InChI=1S/C15H11Cl2NO/c1-19-11-3-5-14-10(6-11)8-15(18-14)9-2-4-12(16)13(17)7-9/h2-8,18H,1H3. The van der Waals surface area contributed by atoms with Crippen LogP contribution in [0.2, 0.25) is 10.0 Å². The van der Waals surface area contributed by atoms with Crippen LogP contribution in [0.15, 0.2) is 42.5 Å². The van der Waals surface area contributed by atoms with Gasteiger partial charge in [0.1, 0.15) is 5.75 Å². The minimum Gasteiger partial charge on any atom is -0.497 e. The highest BCUT2D eigenvalue weighted by Gasteiger charge is 2.06. The molecule has 3 rings (SSSR count). The molecule has 1 heterocycles. The first-order chi connectivity index (χ1) is 9.17. The van der Waals surface area contributed by atoms with E-state index in [0.29, 0.717) is 10.0 Å². The van der Waals surface area contributed by atoms with Gasteiger partial charge < -0.3 is 9.72 Å². The van der Waals surface area contributed by atoms with Crippen molar-refractivity contribution >= 4 is 34.1 Å². The van der Waals surface area contributed by atoms with E-state index in [1.165, 1.54) is 0 Å². The van der Waals surface area contributed by atoms with E-state index in [2.05, 4.69) is 11.1 Å². The van der Waals surface area contributed by atoms with Gasteiger partial charge in [-0.2, -0.15) is 0 Å². The van der Waals surface area contributed by atoms with E-state index in [4.69, 9.17) is 27.9 Å². The van der Waals surface area contributed by atoms with Crippen molar-refractivity contribution in [2.75, 3.05) is 7.11 Å². The molecule has 1 N–H and O–H groups in total. The van der Waals surface area contributed by atoms with Gasteiger partial charge in [0.05, 0.1) is 17.2 Å². The van der Waals surface area contributed by atoms with Crippen molar-refractivity contribution in [1.29, 1.82) is 0 Å². The maximum absolute atomic E-state index is 6.04. The van der Waals surface area contributed by atoms with Crippen LogP contribution in [0, 0.1) is 0 Å². The molecule has 0 amide bonds. The van der Waals surface area contributed by atoms with Gasteiger partial charge in [0.2, 0.25) is 0 Å². The lowest BCUT2D eigenvalue weighted by Crippen LogP contribution is -1.80. The highest BCUT2D eigenvalue weighted by Crippen LogP contribution is 2.31. The van der Waals surface area contributed by atoms with Crippen LogP contribution in [0.5, 0.6) is 5.75 Å². The topological polar surface area (TPSA) is 25.0 Å². The van der Waals surface area contributed by atoms with Crippen molar-refractivity contribution in [3.63, 3.8) is 0 Å². The monoisotopic (exact) mass is 291 g/mol. The lowest BCUT2D eigenvalue weighted by atomic mass is 10.1. The van der Waals surface area contributed by atoms with Crippen LogP contribution >= 0.6 is 23.2 Å². The summed E-state index contributed by atoms with van der Waals surface area (Å²) in [5.41, 5.74) is 3.06. The molecular weight excluding hydrogens is 281 g/mol. The van der Waals surface area contributed by atoms with Gasteiger partial charge in [-0.25, -0.2) is 0 Å². The van der Waals surface area contributed by atoms with Crippen molar-refractivity contribution in [3.8, 4) is 17.0 Å². The Morgan fingerprint density at radius 1 is 0.947 bits per heavy atom. The van der Waals surface area contributed by atoms with Crippen LogP contribution in [0.1, 0.15) is 0 Å². The van der Waals surface area contributed by atoms with Crippen LogP contribution in [-0.4, -0.2) is 12.1 Å². The number of methoxy groups -OCH3 is 1. The molecule has 0 bridgehead atoms. The zero-order chi connectivity index (χ0) is 13.4. The van der Waals surface area contributed by atoms with Crippen molar-refractivity contribution in [2.45, 2.75) is 0 Å². The molecule has 3 aromatic rings. The third-order valence-corrected chi connectivity index (χ3v) is 3.80. The summed E-state index contributed by atoms with van der Waals surface area (Å²) in [6.07, 6.45) is 0. The Kier molecular flexibility index (Phi) is 3.13. The Balaban J connectivity index is 2.11. The molecule has 2 aromatic carbocycles. The van der Waals surface area contributed by atoms with Gasteiger partial charge in [-0.15, -0.1) is 0 Å². The first-order valence-corrected chi connectivity index (χ1v) is 6.55. The number of H-pyrrole nitrogens is 1. The molecule has 0 aliphatic rings. The van der Waals surface area contributed by atoms with Crippen molar-refractivity contribution in [1.82, 2.24) is 4.98 Å². The molecule has 4 heteroatoms. The lowest BCUT2D eigenvalue weighted by molar-refractivity contribution is 0.415. The Bertz CT molecular complexity index is 749. The van der Waals surface area contributed by atoms with Gasteiger partial charge >= 0.3 is 0 Å². The quantitative estimate of drug-likeness (QED) is 0.694. The summed E-state index contributed by atoms with van der Waals surface area (Å²) in [6, 6.07) is 13.6. The van der Waals surface area contributed by atoms with E-state index in [-0.39, 0.29) is 0 Å². The Labute approximate surface area is 120 Å². The summed E-state index contributed by atoms with van der Waals surface area (Å²) in [5, 5.41) is 2.21. The van der Waals surface area contributed by atoms with E-state index in [9.17, 15) is 0 Å². The summed E-state index contributed by atoms with van der Waals surface area (Å²) < 4.78 is 5.22. The summed E-state index contributed by atoms with van der Waals surface area (Å²) in [7, 11) is 1.66. The molecule has 0 unspecified atom stereocenters. The zero-order valence-electron chi connectivity index (χ0n) is 10.2. The second kappa shape index (κ2) is 4.80. The zero-order valence-corrected chi connectivity index (χ0v) is 11.7. The van der Waals surface area contributed by atoms with Gasteiger partial charge in [0.25, 0.3) is 0 Å². The fourth-order valence-corrected chi connectivity index (χ4v) is 2.35. The van der Waals surface area contributed by atoms with Gasteiger partial charge in [0.15, 0.2) is 0 Å². The summed E-state index contributed by atoms with van der Waals surface area (Å²) in [6.45, 7) is 0. The highest BCUT2D eigenvalue weighted by molar-refractivity contribution is 6.42. The molecule has 96 valence electrons. The van der Waals surface area contributed by atoms with Crippen LogP contribution in [0.3, 0.4) is 0 Å². The second-order valence-electron chi connectivity index (χ2n) is 4.27. The van der Waals surface area contributed by atoms with Crippen molar-refractivity contribution < 1.29 is 4.74 Å². The average molecular weight is 292 g/mol. The minimum atomic E-state index is 0.551. The van der Waals surface area contributed by atoms with Gasteiger partial charge in [0, 0.05) is 16.6 Å². The molecule has 19 heavy (non-hydrogen) atoms. The Morgan fingerprint density at radius 3 is 2.53 bits per heavy atom. The van der Waals surface area contributed by atoms with Gasteiger partial charge in [-0.3, -0.25) is 0 Å². The summed E-state index contributed by atoms with van der Waals surface area (Å²) in [5.74, 6) is 0.840. The number of benzene rings is 2. The molecule has 0 saturated carbocycles. The largest absolute Gasteiger partial charge is 0.497 e. The molecule has 0 fully saturated rings. The van der Waals surface area contributed by atoms with Crippen molar-refractivity contribution in [2.24, 2.45) is 0 Å². The lowest BCUT2D eigenvalue weighted by Gasteiger charge is -2.00. The van der Waals surface area contributed by atoms with E-state index >= 15 is 0 Å². The SMILES string of the molecule is COc1ccc2[nH]c(-c3ccc(Cl)c(Cl)c3)cc2c1. The number of aromatic amines is 1. The molecule has 0 aliphatic carbocycles. The Hall–Kier alpha value is -1.64. The van der Waals surface area contributed by atoms with E-state index in [1.807, 2.05) is 30.3 Å². The maximum Gasteiger partial charge on any atom is 0.119 e. The number of hydrogen-bond donors (Lipinski definition) is 1. The number of rotatable bonds is 2. The number of hydrogen-bond acceptors (Lipinski definition) is 1. The molecule has 0 aliphatic heterocycles.